The quantitative estimate of drug-likeness (QED) is 0.868. The number of hydrogen-bond donors (Lipinski definition) is 0. The molecule has 1 fully saturated rings. The lowest BCUT2D eigenvalue weighted by atomic mass is 10.1. The fourth-order valence-electron chi connectivity index (χ4n) is 2.19. The summed E-state index contributed by atoms with van der Waals surface area (Å²) in [4.78, 5) is 18.2. The van der Waals surface area contributed by atoms with E-state index >= 15 is 0 Å². The average Bonchev–Trinajstić information content (AvgIpc) is 2.81. The Hall–Kier alpha value is -1.53. The maximum atomic E-state index is 12.5. The first-order valence-electron chi connectivity index (χ1n) is 6.75. The summed E-state index contributed by atoms with van der Waals surface area (Å²) in [6.07, 6.45) is 5.19. The molecule has 1 saturated heterocycles. The molecule has 0 atom stereocenters. The Labute approximate surface area is 132 Å². The van der Waals surface area contributed by atoms with Gasteiger partial charge < -0.3 is 4.90 Å². The van der Waals surface area contributed by atoms with Crippen LogP contribution >= 0.6 is 23.4 Å². The molecule has 1 aliphatic heterocycles. The van der Waals surface area contributed by atoms with Crippen LogP contribution in [-0.2, 0) is 4.79 Å². The van der Waals surface area contributed by atoms with Crippen LogP contribution in [0.25, 0.3) is 5.69 Å². The number of carbonyl (C=O) groups is 1. The number of carbonyl (C=O) groups excluding carboxylic acids is 1. The maximum absolute atomic E-state index is 12.5. The van der Waals surface area contributed by atoms with Crippen LogP contribution in [0.3, 0.4) is 0 Å². The van der Waals surface area contributed by atoms with E-state index in [0.717, 1.165) is 17.2 Å². The Morgan fingerprint density at radius 3 is 2.95 bits per heavy atom. The van der Waals surface area contributed by atoms with Gasteiger partial charge in [0.15, 0.2) is 5.15 Å². The van der Waals surface area contributed by atoms with Gasteiger partial charge in [0.1, 0.15) is 5.69 Å². The molecule has 110 valence electrons. The van der Waals surface area contributed by atoms with Crippen molar-refractivity contribution in [1.82, 2.24) is 14.8 Å². The van der Waals surface area contributed by atoms with Crippen molar-refractivity contribution in [3.63, 3.8) is 0 Å². The zero-order valence-electron chi connectivity index (χ0n) is 11.6. The molecule has 3 rings (SSSR count). The molecule has 0 radical (unpaired) electrons. The molecule has 1 amide bonds. The van der Waals surface area contributed by atoms with Gasteiger partial charge in [0.05, 0.1) is 24.0 Å². The van der Waals surface area contributed by atoms with Gasteiger partial charge in [-0.15, -0.1) is 0 Å². The zero-order valence-corrected chi connectivity index (χ0v) is 13.1. The first-order chi connectivity index (χ1) is 10.2. The fraction of sp³-hybridized carbons (Fsp3) is 0.357. The zero-order chi connectivity index (χ0) is 14.8. The molecule has 0 N–H and O–H groups in total. The van der Waals surface area contributed by atoms with E-state index in [1.54, 1.807) is 39.9 Å². The van der Waals surface area contributed by atoms with Gasteiger partial charge in [0, 0.05) is 24.2 Å². The normalized spacial score (nSPS) is 14.8. The second-order valence-electron chi connectivity index (χ2n) is 4.78. The molecular weight excluding hydrogens is 308 g/mol. The molecule has 5 nitrogen and oxygen atoms in total. The number of nitrogens with zero attached hydrogens (tertiary/aromatic N) is 4. The fourth-order valence-corrected chi connectivity index (χ4v) is 3.18. The number of amides is 1. The number of aromatic nitrogens is 3. The van der Waals surface area contributed by atoms with Crippen LogP contribution in [0.2, 0.25) is 5.15 Å². The summed E-state index contributed by atoms with van der Waals surface area (Å²) >= 11 is 8.02. The van der Waals surface area contributed by atoms with Gasteiger partial charge in [0.2, 0.25) is 5.91 Å². The SMILES string of the molecule is CCN(C(=O)C1CSC1)c1cn(-c2cccnc2)nc1Cl. The molecule has 3 heterocycles. The summed E-state index contributed by atoms with van der Waals surface area (Å²) in [6, 6.07) is 3.72. The van der Waals surface area contributed by atoms with E-state index in [9.17, 15) is 4.79 Å². The van der Waals surface area contributed by atoms with Gasteiger partial charge in [-0.3, -0.25) is 9.78 Å². The van der Waals surface area contributed by atoms with E-state index in [2.05, 4.69) is 10.1 Å². The highest BCUT2D eigenvalue weighted by atomic mass is 35.5. The molecule has 2 aromatic rings. The van der Waals surface area contributed by atoms with Crippen molar-refractivity contribution < 1.29 is 4.79 Å². The Morgan fingerprint density at radius 2 is 2.38 bits per heavy atom. The lowest BCUT2D eigenvalue weighted by Crippen LogP contribution is -2.41. The predicted molar refractivity (Wildman–Crippen MR) is 85.2 cm³/mol. The summed E-state index contributed by atoms with van der Waals surface area (Å²) in [7, 11) is 0. The molecular formula is C14H15ClN4OS. The van der Waals surface area contributed by atoms with Gasteiger partial charge >= 0.3 is 0 Å². The highest BCUT2D eigenvalue weighted by Gasteiger charge is 2.31. The lowest BCUT2D eigenvalue weighted by molar-refractivity contribution is -0.121. The molecule has 1 aliphatic rings. The van der Waals surface area contributed by atoms with Crippen molar-refractivity contribution in [1.29, 1.82) is 0 Å². The summed E-state index contributed by atoms with van der Waals surface area (Å²) < 4.78 is 1.65. The topological polar surface area (TPSA) is 51.0 Å². The van der Waals surface area contributed by atoms with E-state index in [4.69, 9.17) is 11.6 Å². The van der Waals surface area contributed by atoms with Crippen LogP contribution in [0.15, 0.2) is 30.7 Å². The number of thioether (sulfide) groups is 1. The molecule has 0 saturated carbocycles. The summed E-state index contributed by atoms with van der Waals surface area (Å²) in [6.45, 7) is 2.53. The van der Waals surface area contributed by atoms with Crippen molar-refractivity contribution >= 4 is 35.0 Å². The molecule has 21 heavy (non-hydrogen) atoms. The minimum absolute atomic E-state index is 0.104. The Balaban J connectivity index is 1.90. The molecule has 0 bridgehead atoms. The number of hydrogen-bond acceptors (Lipinski definition) is 4. The number of halogens is 1. The van der Waals surface area contributed by atoms with Crippen molar-refractivity contribution in [2.75, 3.05) is 23.0 Å². The van der Waals surface area contributed by atoms with Gasteiger partial charge in [0.25, 0.3) is 0 Å². The monoisotopic (exact) mass is 322 g/mol. The van der Waals surface area contributed by atoms with Gasteiger partial charge in [-0.25, -0.2) is 4.68 Å². The second-order valence-corrected chi connectivity index (χ2v) is 6.21. The number of anilines is 1. The van der Waals surface area contributed by atoms with E-state index in [1.807, 2.05) is 19.1 Å². The molecule has 0 spiro atoms. The smallest absolute Gasteiger partial charge is 0.231 e. The minimum Gasteiger partial charge on any atom is -0.308 e. The summed E-state index contributed by atoms with van der Waals surface area (Å²) in [5, 5.41) is 4.61. The summed E-state index contributed by atoms with van der Waals surface area (Å²) in [5.74, 6) is 2.02. The van der Waals surface area contributed by atoms with Crippen LogP contribution < -0.4 is 4.90 Å². The number of pyridine rings is 1. The van der Waals surface area contributed by atoms with Crippen LogP contribution in [0.1, 0.15) is 6.92 Å². The van der Waals surface area contributed by atoms with E-state index in [1.165, 1.54) is 0 Å². The molecule has 0 aliphatic carbocycles. The van der Waals surface area contributed by atoms with E-state index in [-0.39, 0.29) is 11.8 Å². The van der Waals surface area contributed by atoms with E-state index < -0.39 is 0 Å². The first-order valence-corrected chi connectivity index (χ1v) is 8.28. The lowest BCUT2D eigenvalue weighted by Gasteiger charge is -2.29. The first kappa shape index (κ1) is 14.4. The molecule has 0 unspecified atom stereocenters. The third kappa shape index (κ3) is 2.78. The van der Waals surface area contributed by atoms with Crippen LogP contribution in [0.4, 0.5) is 5.69 Å². The standard InChI is InChI=1S/C14H15ClN4OS/c1-2-18(14(20)10-8-21-9-10)12-7-19(17-13(12)15)11-4-3-5-16-6-11/h3-7,10H,2,8-9H2,1H3. The molecule has 2 aromatic heterocycles. The Bertz CT molecular complexity index is 642. The highest BCUT2D eigenvalue weighted by Crippen LogP contribution is 2.31. The van der Waals surface area contributed by atoms with Gasteiger partial charge in [-0.2, -0.15) is 16.9 Å². The second kappa shape index (κ2) is 6.07. The Kier molecular flexibility index (Phi) is 4.17. The largest absolute Gasteiger partial charge is 0.308 e. The van der Waals surface area contributed by atoms with Crippen molar-refractivity contribution in [2.45, 2.75) is 6.92 Å². The Morgan fingerprint density at radius 1 is 1.57 bits per heavy atom. The van der Waals surface area contributed by atoms with E-state index in [0.29, 0.717) is 17.4 Å². The van der Waals surface area contributed by atoms with Crippen molar-refractivity contribution in [3.8, 4) is 5.69 Å². The highest BCUT2D eigenvalue weighted by molar-refractivity contribution is 8.00. The van der Waals surface area contributed by atoms with Crippen LogP contribution in [-0.4, -0.2) is 38.7 Å². The molecule has 0 aromatic carbocycles. The van der Waals surface area contributed by atoms with Crippen molar-refractivity contribution in [2.24, 2.45) is 5.92 Å². The average molecular weight is 323 g/mol. The number of rotatable bonds is 4. The third-order valence-electron chi connectivity index (χ3n) is 3.42. The van der Waals surface area contributed by atoms with Crippen LogP contribution in [0.5, 0.6) is 0 Å². The minimum atomic E-state index is 0.104. The maximum Gasteiger partial charge on any atom is 0.231 e. The third-order valence-corrected chi connectivity index (χ3v) is 4.97. The summed E-state index contributed by atoms with van der Waals surface area (Å²) in [5.41, 5.74) is 1.47. The predicted octanol–water partition coefficient (Wildman–Crippen LogP) is 2.64. The molecule has 7 heteroatoms. The van der Waals surface area contributed by atoms with Gasteiger partial charge in [-0.1, -0.05) is 11.6 Å². The van der Waals surface area contributed by atoms with Gasteiger partial charge in [-0.05, 0) is 19.1 Å². The van der Waals surface area contributed by atoms with Crippen molar-refractivity contribution in [3.05, 3.63) is 35.9 Å². The van der Waals surface area contributed by atoms with Crippen LogP contribution in [0, 0.1) is 5.92 Å².